The molecule has 5 nitrogen and oxygen atoms in total. The van der Waals surface area contributed by atoms with E-state index in [4.69, 9.17) is 40.4 Å². The van der Waals surface area contributed by atoms with Crippen LogP contribution in [0.5, 0.6) is 0 Å². The second-order valence-corrected chi connectivity index (χ2v) is 4.74. The number of nitrogens with two attached hydrogens (primary N) is 3. The number of aliphatic imine (C=N–C) groups is 2. The molecule has 0 saturated carbocycles. The molecule has 1 rings (SSSR count). The third-order valence-electron chi connectivity index (χ3n) is 1.79. The summed E-state index contributed by atoms with van der Waals surface area (Å²) in [6.07, 6.45) is 0. The Labute approximate surface area is 117 Å². The molecular formula is C9H10BrCl2N5. The van der Waals surface area contributed by atoms with E-state index in [1.807, 2.05) is 6.92 Å². The predicted octanol–water partition coefficient (Wildman–Crippen LogP) is 2.28. The molecule has 6 N–H and O–H groups in total. The molecule has 8 heteroatoms. The Morgan fingerprint density at radius 1 is 1.29 bits per heavy atom. The Hall–Kier alpha value is -0.980. The van der Waals surface area contributed by atoms with Crippen molar-refractivity contribution in [2.75, 3.05) is 0 Å². The van der Waals surface area contributed by atoms with Crippen molar-refractivity contribution in [1.29, 1.82) is 0 Å². The third kappa shape index (κ3) is 3.49. The van der Waals surface area contributed by atoms with Crippen molar-refractivity contribution in [3.63, 3.8) is 0 Å². The van der Waals surface area contributed by atoms with E-state index < -0.39 is 0 Å². The number of aryl methyl sites for hydroxylation is 1. The van der Waals surface area contributed by atoms with Crippen LogP contribution in [0.4, 0.5) is 5.69 Å². The Balaban J connectivity index is 3.34. The van der Waals surface area contributed by atoms with Gasteiger partial charge in [-0.25, -0.2) is 4.99 Å². The fraction of sp³-hybridized carbons (Fsp3) is 0.111. The van der Waals surface area contributed by atoms with Crippen molar-refractivity contribution in [2.45, 2.75) is 6.92 Å². The van der Waals surface area contributed by atoms with Crippen LogP contribution in [0.3, 0.4) is 0 Å². The van der Waals surface area contributed by atoms with E-state index >= 15 is 0 Å². The van der Waals surface area contributed by atoms with Crippen LogP contribution < -0.4 is 17.2 Å². The van der Waals surface area contributed by atoms with Gasteiger partial charge >= 0.3 is 0 Å². The van der Waals surface area contributed by atoms with Crippen LogP contribution in [0, 0.1) is 6.92 Å². The largest absolute Gasteiger partial charge is 0.370 e. The molecule has 17 heavy (non-hydrogen) atoms. The summed E-state index contributed by atoms with van der Waals surface area (Å²) in [5.41, 5.74) is 17.0. The van der Waals surface area contributed by atoms with Crippen LogP contribution >= 0.6 is 39.1 Å². The summed E-state index contributed by atoms with van der Waals surface area (Å²) in [6, 6.07) is 1.71. The van der Waals surface area contributed by atoms with Gasteiger partial charge in [0.2, 0.25) is 5.96 Å². The minimum Gasteiger partial charge on any atom is -0.370 e. The number of guanidine groups is 2. The lowest BCUT2D eigenvalue weighted by molar-refractivity contribution is 1.35. The Morgan fingerprint density at radius 2 is 1.88 bits per heavy atom. The lowest BCUT2D eigenvalue weighted by Gasteiger charge is -2.07. The quantitative estimate of drug-likeness (QED) is 0.415. The van der Waals surface area contributed by atoms with Gasteiger partial charge in [0.15, 0.2) is 5.96 Å². The molecule has 0 atom stereocenters. The summed E-state index contributed by atoms with van der Waals surface area (Å²) in [5, 5.41) is 0.716. The number of nitrogens with zero attached hydrogens (tertiary/aromatic N) is 2. The maximum Gasteiger partial charge on any atom is 0.223 e. The van der Waals surface area contributed by atoms with Gasteiger partial charge in [0.1, 0.15) is 5.69 Å². The molecule has 0 aliphatic heterocycles. The average molecular weight is 339 g/mol. The van der Waals surface area contributed by atoms with Crippen molar-refractivity contribution in [3.05, 3.63) is 26.1 Å². The first-order valence-corrected chi connectivity index (χ1v) is 5.95. The molecule has 0 heterocycles. The first kappa shape index (κ1) is 14.1. The molecule has 1 aromatic rings. The lowest BCUT2D eigenvalue weighted by Crippen LogP contribution is -2.26. The zero-order chi connectivity index (χ0) is 13.2. The first-order chi connectivity index (χ1) is 7.82. The average Bonchev–Trinajstić information content (AvgIpc) is 2.20. The number of hydrogen-bond acceptors (Lipinski definition) is 1. The van der Waals surface area contributed by atoms with E-state index in [0.717, 1.165) is 5.56 Å². The summed E-state index contributed by atoms with van der Waals surface area (Å²) in [5.74, 6) is -0.311. The summed E-state index contributed by atoms with van der Waals surface area (Å²) in [4.78, 5) is 7.53. The summed E-state index contributed by atoms with van der Waals surface area (Å²) < 4.78 is 0.694. The number of benzene rings is 1. The van der Waals surface area contributed by atoms with Gasteiger partial charge in [0.05, 0.1) is 10.0 Å². The van der Waals surface area contributed by atoms with Crippen molar-refractivity contribution in [2.24, 2.45) is 27.2 Å². The highest BCUT2D eigenvalue weighted by molar-refractivity contribution is 9.10. The van der Waals surface area contributed by atoms with Crippen LogP contribution in [0.15, 0.2) is 20.5 Å². The normalized spacial score (nSPS) is 11.4. The molecule has 0 bridgehead atoms. The summed E-state index contributed by atoms with van der Waals surface area (Å²) in [6.45, 7) is 1.86. The van der Waals surface area contributed by atoms with Crippen molar-refractivity contribution < 1.29 is 0 Å². The molecule has 0 fully saturated rings. The zero-order valence-corrected chi connectivity index (χ0v) is 11.9. The van der Waals surface area contributed by atoms with Crippen LogP contribution in [-0.2, 0) is 0 Å². The highest BCUT2D eigenvalue weighted by atomic mass is 79.9. The van der Waals surface area contributed by atoms with Crippen LogP contribution in [0.25, 0.3) is 0 Å². The Bertz CT molecular complexity index is 509. The zero-order valence-electron chi connectivity index (χ0n) is 8.84. The summed E-state index contributed by atoms with van der Waals surface area (Å²) in [7, 11) is 0. The minimum absolute atomic E-state index is 0.121. The molecule has 0 aliphatic rings. The van der Waals surface area contributed by atoms with Gasteiger partial charge in [-0.1, -0.05) is 23.2 Å². The van der Waals surface area contributed by atoms with Gasteiger partial charge in [-0.05, 0) is 34.5 Å². The van der Waals surface area contributed by atoms with Gasteiger partial charge in [-0.2, -0.15) is 4.99 Å². The Morgan fingerprint density at radius 3 is 2.41 bits per heavy atom. The number of halogens is 3. The summed E-state index contributed by atoms with van der Waals surface area (Å²) >= 11 is 15.4. The van der Waals surface area contributed by atoms with Gasteiger partial charge in [0, 0.05) is 4.47 Å². The van der Waals surface area contributed by atoms with Crippen molar-refractivity contribution >= 4 is 56.7 Å². The third-order valence-corrected chi connectivity index (χ3v) is 3.69. The molecular weight excluding hydrogens is 329 g/mol. The van der Waals surface area contributed by atoms with Gasteiger partial charge in [-0.15, -0.1) is 0 Å². The van der Waals surface area contributed by atoms with E-state index in [0.29, 0.717) is 20.2 Å². The fourth-order valence-electron chi connectivity index (χ4n) is 1.08. The molecule has 1 aromatic carbocycles. The molecule has 0 radical (unpaired) electrons. The van der Waals surface area contributed by atoms with Crippen molar-refractivity contribution in [3.8, 4) is 0 Å². The topological polar surface area (TPSA) is 103 Å². The second kappa shape index (κ2) is 5.57. The van der Waals surface area contributed by atoms with E-state index in [2.05, 4.69) is 25.9 Å². The molecule has 0 spiro atoms. The maximum absolute atomic E-state index is 6.08. The van der Waals surface area contributed by atoms with Crippen molar-refractivity contribution in [1.82, 2.24) is 0 Å². The van der Waals surface area contributed by atoms with E-state index in [-0.39, 0.29) is 11.9 Å². The molecule has 0 aliphatic carbocycles. The standard InChI is InChI=1S/C9H10BrCl2N5/c1-3-2-4(11)7(6(12)5(3)10)16-9(15)17-8(13)14/h2H,1H3,(H6,13,14,15,16,17). The van der Waals surface area contributed by atoms with Crippen LogP contribution in [0.1, 0.15) is 5.56 Å². The maximum atomic E-state index is 6.08. The molecule has 0 unspecified atom stereocenters. The SMILES string of the molecule is Cc1cc(Cl)c(N=C(N)N=C(N)N)c(Cl)c1Br. The first-order valence-electron chi connectivity index (χ1n) is 4.40. The lowest BCUT2D eigenvalue weighted by atomic mass is 10.2. The minimum atomic E-state index is -0.190. The van der Waals surface area contributed by atoms with E-state index in [1.165, 1.54) is 0 Å². The van der Waals surface area contributed by atoms with Gasteiger partial charge < -0.3 is 17.2 Å². The Kier molecular flexibility index (Phi) is 4.62. The molecule has 0 saturated heterocycles. The number of hydrogen-bond donors (Lipinski definition) is 3. The van der Waals surface area contributed by atoms with Crippen LogP contribution in [0.2, 0.25) is 10.0 Å². The van der Waals surface area contributed by atoms with E-state index in [9.17, 15) is 0 Å². The highest BCUT2D eigenvalue weighted by Gasteiger charge is 2.12. The predicted molar refractivity (Wildman–Crippen MR) is 76.0 cm³/mol. The van der Waals surface area contributed by atoms with Gasteiger partial charge in [-0.3, -0.25) is 0 Å². The fourth-order valence-corrected chi connectivity index (χ4v) is 2.02. The monoisotopic (exact) mass is 337 g/mol. The number of rotatable bonds is 1. The van der Waals surface area contributed by atoms with E-state index in [1.54, 1.807) is 6.07 Å². The molecule has 92 valence electrons. The second-order valence-electron chi connectivity index (χ2n) is 3.16. The highest BCUT2D eigenvalue weighted by Crippen LogP contribution is 2.40. The van der Waals surface area contributed by atoms with Gasteiger partial charge in [0.25, 0.3) is 0 Å². The smallest absolute Gasteiger partial charge is 0.223 e. The molecule has 0 aromatic heterocycles. The van der Waals surface area contributed by atoms with Crippen LogP contribution in [-0.4, -0.2) is 11.9 Å². The molecule has 0 amide bonds.